The van der Waals surface area contributed by atoms with E-state index in [9.17, 15) is 8.42 Å². The fourth-order valence-electron chi connectivity index (χ4n) is 1.35. The van der Waals surface area contributed by atoms with Crippen molar-refractivity contribution < 1.29 is 8.42 Å². The van der Waals surface area contributed by atoms with Crippen LogP contribution in [0.5, 0.6) is 0 Å². The Bertz CT molecular complexity index is 495. The SMILES string of the molecule is Cc1ccc(S(N)(=O)=O)cc1NC(C)C(C)C. The Morgan fingerprint density at radius 3 is 2.29 bits per heavy atom. The zero-order valence-electron chi connectivity index (χ0n) is 10.7. The van der Waals surface area contributed by atoms with Crippen molar-refractivity contribution in [2.75, 3.05) is 5.32 Å². The fraction of sp³-hybridized carbons (Fsp3) is 0.500. The summed E-state index contributed by atoms with van der Waals surface area (Å²) in [5, 5.41) is 8.41. The Morgan fingerprint density at radius 1 is 1.24 bits per heavy atom. The number of anilines is 1. The minimum Gasteiger partial charge on any atom is -0.382 e. The van der Waals surface area contributed by atoms with Crippen molar-refractivity contribution in [3.05, 3.63) is 23.8 Å². The number of primary sulfonamides is 1. The highest BCUT2D eigenvalue weighted by Crippen LogP contribution is 2.21. The average molecular weight is 256 g/mol. The second kappa shape index (κ2) is 5.06. The molecule has 0 aromatic heterocycles. The molecule has 1 atom stereocenters. The van der Waals surface area contributed by atoms with Crippen LogP contribution in [0, 0.1) is 12.8 Å². The summed E-state index contributed by atoms with van der Waals surface area (Å²) in [6.45, 7) is 8.21. The van der Waals surface area contributed by atoms with Crippen molar-refractivity contribution in [2.45, 2.75) is 38.6 Å². The van der Waals surface area contributed by atoms with Crippen LogP contribution >= 0.6 is 0 Å². The molecule has 4 nitrogen and oxygen atoms in total. The van der Waals surface area contributed by atoms with Gasteiger partial charge in [-0.25, -0.2) is 13.6 Å². The number of benzene rings is 1. The van der Waals surface area contributed by atoms with Crippen molar-refractivity contribution in [1.82, 2.24) is 0 Å². The van der Waals surface area contributed by atoms with Crippen LogP contribution in [0.25, 0.3) is 0 Å². The molecule has 0 aliphatic carbocycles. The number of rotatable bonds is 4. The standard InChI is InChI=1S/C12H20N2O2S/c1-8(2)10(4)14-12-7-11(17(13,15)16)6-5-9(12)3/h5-8,10,14H,1-4H3,(H2,13,15,16). The van der Waals surface area contributed by atoms with Gasteiger partial charge in [0.25, 0.3) is 0 Å². The molecule has 1 aromatic carbocycles. The number of hydrogen-bond donors (Lipinski definition) is 2. The molecule has 96 valence electrons. The van der Waals surface area contributed by atoms with E-state index >= 15 is 0 Å². The molecule has 1 rings (SSSR count). The maximum Gasteiger partial charge on any atom is 0.238 e. The van der Waals surface area contributed by atoms with Crippen LogP contribution in [0.4, 0.5) is 5.69 Å². The Labute approximate surface area is 103 Å². The first kappa shape index (κ1) is 14.0. The van der Waals surface area contributed by atoms with E-state index in [-0.39, 0.29) is 10.9 Å². The average Bonchev–Trinajstić information content (AvgIpc) is 2.19. The Hall–Kier alpha value is -1.07. The molecule has 5 heteroatoms. The summed E-state index contributed by atoms with van der Waals surface area (Å²) in [5.74, 6) is 0.465. The van der Waals surface area contributed by atoms with Crippen LogP contribution in [0.15, 0.2) is 23.1 Å². The van der Waals surface area contributed by atoms with Gasteiger partial charge in [0.2, 0.25) is 10.0 Å². The van der Waals surface area contributed by atoms with Crippen LogP contribution in [-0.2, 0) is 10.0 Å². The third kappa shape index (κ3) is 3.71. The van der Waals surface area contributed by atoms with Gasteiger partial charge in [-0.3, -0.25) is 0 Å². The Balaban J connectivity index is 3.08. The van der Waals surface area contributed by atoms with Crippen LogP contribution in [0.2, 0.25) is 0 Å². The van der Waals surface area contributed by atoms with Gasteiger partial charge in [0.1, 0.15) is 0 Å². The van der Waals surface area contributed by atoms with Crippen LogP contribution in [-0.4, -0.2) is 14.5 Å². The summed E-state index contributed by atoms with van der Waals surface area (Å²) >= 11 is 0. The van der Waals surface area contributed by atoms with Gasteiger partial charge in [-0.2, -0.15) is 0 Å². The molecule has 0 saturated heterocycles. The number of nitrogens with one attached hydrogen (secondary N) is 1. The quantitative estimate of drug-likeness (QED) is 0.866. The summed E-state index contributed by atoms with van der Waals surface area (Å²) in [4.78, 5) is 0.140. The lowest BCUT2D eigenvalue weighted by atomic mass is 10.1. The minimum atomic E-state index is -3.64. The summed E-state index contributed by atoms with van der Waals surface area (Å²) in [7, 11) is -3.64. The lowest BCUT2D eigenvalue weighted by Crippen LogP contribution is -2.22. The van der Waals surface area contributed by atoms with Gasteiger partial charge >= 0.3 is 0 Å². The molecule has 0 fully saturated rings. The minimum absolute atomic E-state index is 0.140. The Morgan fingerprint density at radius 2 is 1.82 bits per heavy atom. The van der Waals surface area contributed by atoms with E-state index in [4.69, 9.17) is 5.14 Å². The summed E-state index contributed by atoms with van der Waals surface area (Å²) in [6.07, 6.45) is 0. The summed E-state index contributed by atoms with van der Waals surface area (Å²) in [6, 6.07) is 5.14. The predicted molar refractivity (Wildman–Crippen MR) is 70.5 cm³/mol. The van der Waals surface area contributed by atoms with E-state index in [1.165, 1.54) is 6.07 Å². The zero-order valence-corrected chi connectivity index (χ0v) is 11.5. The topological polar surface area (TPSA) is 72.2 Å². The largest absolute Gasteiger partial charge is 0.382 e. The molecule has 0 amide bonds. The molecule has 3 N–H and O–H groups in total. The van der Waals surface area contributed by atoms with E-state index < -0.39 is 10.0 Å². The van der Waals surface area contributed by atoms with Crippen LogP contribution < -0.4 is 10.5 Å². The summed E-state index contributed by atoms with van der Waals surface area (Å²) < 4.78 is 22.5. The molecule has 0 saturated carbocycles. The molecule has 1 unspecified atom stereocenters. The van der Waals surface area contributed by atoms with E-state index in [0.29, 0.717) is 5.92 Å². The molecular formula is C12H20N2O2S. The van der Waals surface area contributed by atoms with Gasteiger partial charge < -0.3 is 5.32 Å². The third-order valence-electron chi connectivity index (χ3n) is 2.92. The normalized spacial score (nSPS) is 13.8. The molecule has 0 heterocycles. The van der Waals surface area contributed by atoms with Gasteiger partial charge in [-0.1, -0.05) is 19.9 Å². The molecule has 0 bridgehead atoms. The Kier molecular flexibility index (Phi) is 4.16. The molecule has 17 heavy (non-hydrogen) atoms. The van der Waals surface area contributed by atoms with Crippen LogP contribution in [0.3, 0.4) is 0 Å². The lowest BCUT2D eigenvalue weighted by Gasteiger charge is -2.20. The molecule has 0 aliphatic rings. The highest BCUT2D eigenvalue weighted by atomic mass is 32.2. The van der Waals surface area contributed by atoms with Gasteiger partial charge in [0.05, 0.1) is 4.90 Å². The van der Waals surface area contributed by atoms with E-state index in [1.54, 1.807) is 12.1 Å². The van der Waals surface area contributed by atoms with Crippen molar-refractivity contribution in [2.24, 2.45) is 11.1 Å². The molecule has 1 aromatic rings. The smallest absolute Gasteiger partial charge is 0.238 e. The van der Waals surface area contributed by atoms with E-state index in [0.717, 1.165) is 11.3 Å². The zero-order chi connectivity index (χ0) is 13.2. The molecule has 0 radical (unpaired) electrons. The third-order valence-corrected chi connectivity index (χ3v) is 3.83. The predicted octanol–water partition coefficient (Wildman–Crippen LogP) is 2.10. The number of hydrogen-bond acceptors (Lipinski definition) is 3. The lowest BCUT2D eigenvalue weighted by molar-refractivity contribution is 0.559. The molecular weight excluding hydrogens is 236 g/mol. The number of aryl methyl sites for hydroxylation is 1. The van der Waals surface area contributed by atoms with Crippen molar-refractivity contribution in [1.29, 1.82) is 0 Å². The highest BCUT2D eigenvalue weighted by molar-refractivity contribution is 7.89. The maximum absolute atomic E-state index is 11.3. The first-order valence-electron chi connectivity index (χ1n) is 5.62. The second-order valence-corrected chi connectivity index (χ2v) is 6.26. The van der Waals surface area contributed by atoms with E-state index in [1.807, 2.05) is 6.92 Å². The first-order valence-corrected chi connectivity index (χ1v) is 7.16. The highest BCUT2D eigenvalue weighted by Gasteiger charge is 2.12. The van der Waals surface area contributed by atoms with Crippen molar-refractivity contribution in [3.8, 4) is 0 Å². The van der Waals surface area contributed by atoms with Gasteiger partial charge in [-0.15, -0.1) is 0 Å². The maximum atomic E-state index is 11.3. The molecule has 0 spiro atoms. The number of nitrogens with two attached hydrogens (primary N) is 1. The summed E-state index contributed by atoms with van der Waals surface area (Å²) in [5.41, 5.74) is 1.82. The van der Waals surface area contributed by atoms with Gasteiger partial charge in [0.15, 0.2) is 0 Å². The van der Waals surface area contributed by atoms with Gasteiger partial charge in [-0.05, 0) is 37.5 Å². The van der Waals surface area contributed by atoms with Crippen LogP contribution in [0.1, 0.15) is 26.3 Å². The fourth-order valence-corrected chi connectivity index (χ4v) is 1.89. The second-order valence-electron chi connectivity index (χ2n) is 4.70. The van der Waals surface area contributed by atoms with Gasteiger partial charge in [0, 0.05) is 11.7 Å². The van der Waals surface area contributed by atoms with Crippen molar-refractivity contribution >= 4 is 15.7 Å². The first-order chi connectivity index (χ1) is 7.71. The molecule has 0 aliphatic heterocycles. The van der Waals surface area contributed by atoms with E-state index in [2.05, 4.69) is 26.1 Å². The monoisotopic (exact) mass is 256 g/mol. The van der Waals surface area contributed by atoms with Crippen molar-refractivity contribution in [3.63, 3.8) is 0 Å². The number of sulfonamides is 1.